The van der Waals surface area contributed by atoms with Crippen LogP contribution in [0.15, 0.2) is 95.2 Å². The van der Waals surface area contributed by atoms with Crippen molar-refractivity contribution in [2.45, 2.75) is 30.8 Å². The zero-order valence-corrected chi connectivity index (χ0v) is 17.7. The second-order valence-electron chi connectivity index (χ2n) is 8.32. The van der Waals surface area contributed by atoms with Crippen LogP contribution in [0, 0.1) is 5.92 Å². The van der Waals surface area contributed by atoms with Crippen molar-refractivity contribution in [1.29, 1.82) is 0 Å². The molecule has 30 heavy (non-hydrogen) atoms. The Kier molecular flexibility index (Phi) is 5.65. The summed E-state index contributed by atoms with van der Waals surface area (Å²) in [6.45, 7) is 2.28. The topological polar surface area (TPSA) is 28.0 Å². The molecule has 3 aromatic rings. The van der Waals surface area contributed by atoms with Gasteiger partial charge in [0.2, 0.25) is 0 Å². The third-order valence-corrected chi connectivity index (χ3v) is 6.96. The Morgan fingerprint density at radius 1 is 0.767 bits per heavy atom. The highest BCUT2D eigenvalue weighted by molar-refractivity contribution is 6.32. The van der Waals surface area contributed by atoms with Gasteiger partial charge in [0.15, 0.2) is 0 Å². The number of rotatable bonds is 5. The van der Waals surface area contributed by atoms with E-state index in [1.54, 1.807) is 0 Å². The second kappa shape index (κ2) is 8.71. The first-order valence-corrected chi connectivity index (χ1v) is 11.2. The van der Waals surface area contributed by atoms with Gasteiger partial charge in [0, 0.05) is 12.0 Å². The molecule has 0 amide bonds. The minimum absolute atomic E-state index is 0.161. The van der Waals surface area contributed by atoms with Crippen molar-refractivity contribution < 1.29 is 0 Å². The van der Waals surface area contributed by atoms with Gasteiger partial charge in [0.25, 0.3) is 0 Å². The average Bonchev–Trinajstić information content (AvgIpc) is 2.81. The molecule has 2 atom stereocenters. The predicted octanol–water partition coefficient (Wildman–Crippen LogP) is 6.72. The van der Waals surface area contributed by atoms with Crippen molar-refractivity contribution in [3.05, 3.63) is 101 Å². The standard InChI is InChI=1S/C26H26ClN3/c27-22-13-7-8-14-23(22)28-29-25-21-15-17-30(18-16-21)26(25)24(19-9-3-1-4-10-19)20-11-5-2-6-12-20/h1-14,21,24-26H,15-18H2. The molecule has 0 aliphatic carbocycles. The number of halogens is 1. The Balaban J connectivity index is 1.56. The van der Waals surface area contributed by atoms with Crippen molar-refractivity contribution in [3.63, 3.8) is 0 Å². The molecule has 0 N–H and O–H groups in total. The maximum Gasteiger partial charge on any atom is 0.104 e. The third-order valence-electron chi connectivity index (χ3n) is 6.64. The van der Waals surface area contributed by atoms with Gasteiger partial charge in [0.05, 0.1) is 11.1 Å². The van der Waals surface area contributed by atoms with E-state index >= 15 is 0 Å². The number of nitrogens with zero attached hydrogens (tertiary/aromatic N) is 3. The summed E-state index contributed by atoms with van der Waals surface area (Å²) in [5.41, 5.74) is 3.45. The molecular formula is C26H26ClN3. The number of benzene rings is 3. The van der Waals surface area contributed by atoms with Gasteiger partial charge in [-0.25, -0.2) is 0 Å². The van der Waals surface area contributed by atoms with Gasteiger partial charge in [0.1, 0.15) is 5.69 Å². The van der Waals surface area contributed by atoms with Crippen LogP contribution >= 0.6 is 11.6 Å². The molecule has 3 saturated heterocycles. The summed E-state index contributed by atoms with van der Waals surface area (Å²) in [5.74, 6) is 0.840. The number of fused-ring (bicyclic) bond motifs is 3. The van der Waals surface area contributed by atoms with Crippen LogP contribution in [0.2, 0.25) is 5.02 Å². The van der Waals surface area contributed by atoms with Gasteiger partial charge in [-0.3, -0.25) is 4.90 Å². The van der Waals surface area contributed by atoms with E-state index in [1.807, 2.05) is 24.3 Å². The normalized spacial score (nSPS) is 25.8. The molecule has 0 spiro atoms. The van der Waals surface area contributed by atoms with Crippen LogP contribution < -0.4 is 0 Å². The van der Waals surface area contributed by atoms with Crippen molar-refractivity contribution in [3.8, 4) is 0 Å². The summed E-state index contributed by atoms with van der Waals surface area (Å²) in [5, 5.41) is 10.2. The van der Waals surface area contributed by atoms with Crippen molar-refractivity contribution in [2.75, 3.05) is 13.1 Å². The Bertz CT molecular complexity index is 958. The molecule has 4 heteroatoms. The van der Waals surface area contributed by atoms with E-state index in [1.165, 1.54) is 24.0 Å². The molecule has 0 aromatic heterocycles. The molecule has 6 rings (SSSR count). The lowest BCUT2D eigenvalue weighted by molar-refractivity contribution is 0.0189. The largest absolute Gasteiger partial charge is 0.297 e. The SMILES string of the molecule is Clc1ccccc1N=NC1C2CCN(CC2)C1C(c1ccccc1)c1ccccc1. The fraction of sp³-hybridized carbons (Fsp3) is 0.308. The maximum atomic E-state index is 6.35. The quantitative estimate of drug-likeness (QED) is 0.425. The van der Waals surface area contributed by atoms with Crippen LogP contribution in [-0.4, -0.2) is 30.1 Å². The Morgan fingerprint density at radius 3 is 1.93 bits per heavy atom. The van der Waals surface area contributed by atoms with E-state index in [0.29, 0.717) is 17.0 Å². The van der Waals surface area contributed by atoms with E-state index in [0.717, 1.165) is 18.8 Å². The first-order chi connectivity index (χ1) is 14.8. The zero-order chi connectivity index (χ0) is 20.3. The average molecular weight is 416 g/mol. The Labute approximate surface area is 183 Å². The Hall–Kier alpha value is -2.49. The van der Waals surface area contributed by atoms with E-state index < -0.39 is 0 Å². The van der Waals surface area contributed by atoms with Crippen molar-refractivity contribution >= 4 is 17.3 Å². The van der Waals surface area contributed by atoms with Crippen molar-refractivity contribution in [1.82, 2.24) is 4.90 Å². The molecule has 0 saturated carbocycles. The molecule has 3 nitrogen and oxygen atoms in total. The first-order valence-electron chi connectivity index (χ1n) is 10.8. The molecule has 0 radical (unpaired) electrons. The molecule has 3 aliphatic rings. The first kappa shape index (κ1) is 19.5. The number of piperidine rings is 3. The van der Waals surface area contributed by atoms with Crippen LogP contribution in [0.1, 0.15) is 29.9 Å². The molecular weight excluding hydrogens is 390 g/mol. The molecule has 3 aromatic carbocycles. The van der Waals surface area contributed by atoms with Crippen molar-refractivity contribution in [2.24, 2.45) is 16.1 Å². The van der Waals surface area contributed by atoms with Crippen LogP contribution in [0.3, 0.4) is 0 Å². The number of hydrogen-bond acceptors (Lipinski definition) is 3. The number of azo groups is 1. The van der Waals surface area contributed by atoms with E-state index in [9.17, 15) is 0 Å². The minimum Gasteiger partial charge on any atom is -0.297 e. The molecule has 152 valence electrons. The van der Waals surface area contributed by atoms with Crippen LogP contribution in [0.25, 0.3) is 0 Å². The minimum atomic E-state index is 0.161. The summed E-state index contributed by atoms with van der Waals surface area (Å²) < 4.78 is 0. The molecule has 2 unspecified atom stereocenters. The fourth-order valence-electron chi connectivity index (χ4n) is 5.19. The van der Waals surface area contributed by atoms with E-state index in [-0.39, 0.29) is 12.0 Å². The lowest BCUT2D eigenvalue weighted by Crippen LogP contribution is -2.59. The second-order valence-corrected chi connectivity index (χ2v) is 8.73. The summed E-state index contributed by atoms with van der Waals surface area (Å²) in [6, 6.07) is 29.9. The molecule has 2 bridgehead atoms. The highest BCUT2D eigenvalue weighted by Gasteiger charge is 2.46. The fourth-order valence-corrected chi connectivity index (χ4v) is 5.37. The number of hydrogen-bond donors (Lipinski definition) is 0. The van der Waals surface area contributed by atoms with Gasteiger partial charge in [-0.2, -0.15) is 10.2 Å². The van der Waals surface area contributed by atoms with Gasteiger partial charge < -0.3 is 0 Å². The van der Waals surface area contributed by atoms with Crippen LogP contribution in [-0.2, 0) is 0 Å². The highest BCUT2D eigenvalue weighted by Crippen LogP contribution is 2.44. The maximum absolute atomic E-state index is 6.35. The zero-order valence-electron chi connectivity index (χ0n) is 16.9. The van der Waals surface area contributed by atoms with E-state index in [2.05, 4.69) is 70.7 Å². The van der Waals surface area contributed by atoms with Gasteiger partial charge in [-0.1, -0.05) is 84.4 Å². The van der Waals surface area contributed by atoms with Gasteiger partial charge >= 0.3 is 0 Å². The summed E-state index contributed by atoms with van der Waals surface area (Å²) in [6.07, 6.45) is 2.39. The lowest BCUT2D eigenvalue weighted by atomic mass is 9.71. The van der Waals surface area contributed by atoms with Gasteiger partial charge in [-0.05, 0) is 55.1 Å². The lowest BCUT2D eigenvalue weighted by Gasteiger charge is -2.52. The van der Waals surface area contributed by atoms with Crippen LogP contribution in [0.4, 0.5) is 5.69 Å². The summed E-state index contributed by atoms with van der Waals surface area (Å²) >= 11 is 6.35. The summed E-state index contributed by atoms with van der Waals surface area (Å²) in [4.78, 5) is 2.64. The van der Waals surface area contributed by atoms with Crippen LogP contribution in [0.5, 0.6) is 0 Å². The molecule has 3 aliphatic heterocycles. The molecule has 3 fully saturated rings. The third kappa shape index (κ3) is 3.80. The Morgan fingerprint density at radius 2 is 1.33 bits per heavy atom. The smallest absolute Gasteiger partial charge is 0.104 e. The molecule has 3 heterocycles. The predicted molar refractivity (Wildman–Crippen MR) is 123 cm³/mol. The van der Waals surface area contributed by atoms with Gasteiger partial charge in [-0.15, -0.1) is 0 Å². The monoisotopic (exact) mass is 415 g/mol. The highest BCUT2D eigenvalue weighted by atomic mass is 35.5. The summed E-state index contributed by atoms with van der Waals surface area (Å²) in [7, 11) is 0. The van der Waals surface area contributed by atoms with E-state index in [4.69, 9.17) is 16.7 Å².